The molecule has 1 fully saturated rings. The van der Waals surface area contributed by atoms with Crippen LogP contribution in [-0.4, -0.2) is 36.9 Å². The molecule has 0 amide bonds. The minimum absolute atomic E-state index is 0.00872. The third kappa shape index (κ3) is 9.49. The third-order valence-electron chi connectivity index (χ3n) is 8.64. The van der Waals surface area contributed by atoms with Gasteiger partial charge in [-0.15, -0.1) is 0 Å². The number of unbranched alkanes of at least 4 members (excludes halogenated alkanes) is 2. The average molecular weight is 537 g/mol. The fraction of sp³-hybridized carbons (Fsp3) is 0.588. The van der Waals surface area contributed by atoms with E-state index >= 15 is 0 Å². The van der Waals surface area contributed by atoms with Crippen molar-refractivity contribution in [3.63, 3.8) is 0 Å². The largest absolute Gasteiger partial charge is 0.462 e. The number of hydrogen-bond donors (Lipinski definition) is 1. The van der Waals surface area contributed by atoms with E-state index in [9.17, 15) is 9.59 Å². The first-order chi connectivity index (χ1) is 18.8. The van der Waals surface area contributed by atoms with Crippen LogP contribution in [-0.2, 0) is 19.1 Å². The lowest BCUT2D eigenvalue weighted by atomic mass is 9.70. The van der Waals surface area contributed by atoms with Gasteiger partial charge in [0.05, 0.1) is 18.1 Å². The Morgan fingerprint density at radius 2 is 1.62 bits per heavy atom. The summed E-state index contributed by atoms with van der Waals surface area (Å²) in [5, 5.41) is 9.13. The molecule has 1 aromatic carbocycles. The molecule has 2 aliphatic carbocycles. The fourth-order valence-electron chi connectivity index (χ4n) is 6.03. The first-order valence-corrected chi connectivity index (χ1v) is 14.9. The van der Waals surface area contributed by atoms with E-state index in [0.717, 1.165) is 29.7 Å². The summed E-state index contributed by atoms with van der Waals surface area (Å²) in [6, 6.07) is 8.28. The second-order valence-electron chi connectivity index (χ2n) is 11.6. The Bertz CT molecular complexity index is 997. The molecule has 5 nitrogen and oxygen atoms in total. The van der Waals surface area contributed by atoms with E-state index in [4.69, 9.17) is 14.6 Å². The number of carbonyl (C=O) groups excluding carboxylic acids is 2. The highest BCUT2D eigenvalue weighted by atomic mass is 16.5. The van der Waals surface area contributed by atoms with Gasteiger partial charge in [0.15, 0.2) is 0 Å². The van der Waals surface area contributed by atoms with Crippen molar-refractivity contribution < 1.29 is 24.2 Å². The summed E-state index contributed by atoms with van der Waals surface area (Å²) >= 11 is 0. The lowest BCUT2D eigenvalue weighted by molar-refractivity contribution is -0.142. The molecule has 0 aliphatic heterocycles. The summed E-state index contributed by atoms with van der Waals surface area (Å²) in [6.07, 6.45) is 17.2. The molecule has 5 heteroatoms. The van der Waals surface area contributed by atoms with Gasteiger partial charge >= 0.3 is 11.9 Å². The lowest BCUT2D eigenvalue weighted by Gasteiger charge is -2.35. The first-order valence-electron chi connectivity index (χ1n) is 14.9. The van der Waals surface area contributed by atoms with Crippen molar-refractivity contribution in [1.29, 1.82) is 0 Å². The standard InChI is InChI=1S/C34H48O5/c1-5-6-7-8-26-9-11-27(12-10-26)28-13-15-29(16-14-28)30-17-19-31(20-18-30)32(22-38-33(36)24(2)3)23-39-34(37)25(4)21-35/h15,17-20,26-28,32,35H,2,4-14,16,21-23H2,1,3H3. The molecule has 0 bridgehead atoms. The van der Waals surface area contributed by atoms with Crippen LogP contribution in [0.1, 0.15) is 102 Å². The van der Waals surface area contributed by atoms with E-state index in [1.165, 1.54) is 75.3 Å². The summed E-state index contributed by atoms with van der Waals surface area (Å²) in [7, 11) is 0. The highest BCUT2D eigenvalue weighted by Crippen LogP contribution is 2.42. The van der Waals surface area contributed by atoms with Gasteiger partial charge in [-0.1, -0.05) is 88.9 Å². The second-order valence-corrected chi connectivity index (χ2v) is 11.6. The normalized spacial score (nSPS) is 21.9. The summed E-state index contributed by atoms with van der Waals surface area (Å²) in [5.41, 5.74) is 3.85. The number of aliphatic hydroxyl groups is 1. The quantitative estimate of drug-likeness (QED) is 0.151. The predicted molar refractivity (Wildman–Crippen MR) is 157 cm³/mol. The van der Waals surface area contributed by atoms with Crippen molar-refractivity contribution >= 4 is 17.5 Å². The van der Waals surface area contributed by atoms with Gasteiger partial charge in [-0.2, -0.15) is 0 Å². The van der Waals surface area contributed by atoms with E-state index in [0.29, 0.717) is 5.57 Å². The molecular weight excluding hydrogens is 488 g/mol. The van der Waals surface area contributed by atoms with Crippen LogP contribution in [0, 0.1) is 17.8 Å². The number of ether oxygens (including phenoxy) is 2. The van der Waals surface area contributed by atoms with E-state index in [2.05, 4.69) is 38.3 Å². The zero-order valence-electron chi connectivity index (χ0n) is 24.1. The number of benzene rings is 1. The van der Waals surface area contributed by atoms with Crippen LogP contribution < -0.4 is 0 Å². The number of esters is 2. The molecule has 1 aromatic rings. The van der Waals surface area contributed by atoms with Crippen LogP contribution in [0.15, 0.2) is 54.6 Å². The van der Waals surface area contributed by atoms with Crippen molar-refractivity contribution in [3.8, 4) is 0 Å². The van der Waals surface area contributed by atoms with Crippen LogP contribution in [0.2, 0.25) is 0 Å². The van der Waals surface area contributed by atoms with E-state index in [1.807, 2.05) is 12.1 Å². The van der Waals surface area contributed by atoms with E-state index in [-0.39, 0.29) is 24.7 Å². The zero-order chi connectivity index (χ0) is 28.2. The molecule has 214 valence electrons. The van der Waals surface area contributed by atoms with Crippen molar-refractivity contribution in [1.82, 2.24) is 0 Å². The smallest absolute Gasteiger partial charge is 0.335 e. The molecule has 0 aromatic heterocycles. The van der Waals surface area contributed by atoms with Gasteiger partial charge < -0.3 is 14.6 Å². The van der Waals surface area contributed by atoms with Crippen LogP contribution in [0.3, 0.4) is 0 Å². The van der Waals surface area contributed by atoms with Gasteiger partial charge in [0.2, 0.25) is 0 Å². The first kappa shape index (κ1) is 30.9. The van der Waals surface area contributed by atoms with E-state index < -0.39 is 18.5 Å². The van der Waals surface area contributed by atoms with Crippen LogP contribution in [0.25, 0.3) is 5.57 Å². The number of rotatable bonds is 14. The SMILES string of the molecule is C=C(C)C(=O)OCC(COC(=O)C(=C)CO)c1ccc(C2=CCC(C3CCC(CCCCC)CC3)CC2)cc1. The molecule has 39 heavy (non-hydrogen) atoms. The van der Waals surface area contributed by atoms with Gasteiger partial charge in [-0.25, -0.2) is 9.59 Å². The molecule has 2 unspecified atom stereocenters. The fourth-order valence-corrected chi connectivity index (χ4v) is 6.03. The van der Waals surface area contributed by atoms with Crippen LogP contribution >= 0.6 is 0 Å². The minimum Gasteiger partial charge on any atom is -0.462 e. The van der Waals surface area contributed by atoms with Gasteiger partial charge in [0.25, 0.3) is 0 Å². The summed E-state index contributed by atoms with van der Waals surface area (Å²) in [6.45, 7) is 10.6. The van der Waals surface area contributed by atoms with Gasteiger partial charge in [-0.05, 0) is 73.5 Å². The molecule has 2 atom stereocenters. The molecule has 1 N–H and O–H groups in total. The average Bonchev–Trinajstić information content (AvgIpc) is 2.97. The molecule has 1 saturated carbocycles. The topological polar surface area (TPSA) is 72.8 Å². The van der Waals surface area contributed by atoms with Gasteiger partial charge in [0.1, 0.15) is 13.2 Å². The maximum Gasteiger partial charge on any atom is 0.335 e. The number of hydrogen-bond acceptors (Lipinski definition) is 5. The lowest BCUT2D eigenvalue weighted by Crippen LogP contribution is -2.23. The summed E-state index contributed by atoms with van der Waals surface area (Å²) < 4.78 is 10.7. The van der Waals surface area contributed by atoms with Crippen molar-refractivity contribution in [2.45, 2.75) is 90.4 Å². The number of allylic oxidation sites excluding steroid dienone is 2. The van der Waals surface area contributed by atoms with Crippen molar-refractivity contribution in [2.24, 2.45) is 17.8 Å². The Hall–Kier alpha value is -2.66. The Morgan fingerprint density at radius 3 is 2.18 bits per heavy atom. The highest BCUT2D eigenvalue weighted by Gasteiger charge is 2.28. The van der Waals surface area contributed by atoms with Gasteiger partial charge in [0, 0.05) is 5.57 Å². The maximum atomic E-state index is 12.0. The Morgan fingerprint density at radius 1 is 0.949 bits per heavy atom. The monoisotopic (exact) mass is 536 g/mol. The predicted octanol–water partition coefficient (Wildman–Crippen LogP) is 7.55. The Balaban J connectivity index is 1.56. The third-order valence-corrected chi connectivity index (χ3v) is 8.64. The molecule has 0 heterocycles. The molecular formula is C34H48O5. The zero-order valence-corrected chi connectivity index (χ0v) is 24.1. The molecule has 0 saturated heterocycles. The Kier molecular flexibility index (Phi) is 12.5. The Labute approximate surface area is 235 Å². The highest BCUT2D eigenvalue weighted by molar-refractivity contribution is 5.88. The molecule has 2 aliphatic rings. The maximum absolute atomic E-state index is 12.0. The number of aliphatic hydroxyl groups excluding tert-OH is 1. The van der Waals surface area contributed by atoms with E-state index in [1.54, 1.807) is 6.92 Å². The van der Waals surface area contributed by atoms with Crippen LogP contribution in [0.5, 0.6) is 0 Å². The summed E-state index contributed by atoms with van der Waals surface area (Å²) in [4.78, 5) is 24.0. The number of carbonyl (C=O) groups is 2. The second kappa shape index (κ2) is 15.8. The molecule has 3 rings (SSSR count). The minimum atomic E-state index is -0.655. The summed E-state index contributed by atoms with van der Waals surface area (Å²) in [5.74, 6) is 1.21. The van der Waals surface area contributed by atoms with Crippen LogP contribution in [0.4, 0.5) is 0 Å². The molecule has 0 spiro atoms. The van der Waals surface area contributed by atoms with Crippen molar-refractivity contribution in [3.05, 3.63) is 65.8 Å². The van der Waals surface area contributed by atoms with Gasteiger partial charge in [-0.3, -0.25) is 0 Å². The van der Waals surface area contributed by atoms with Crippen molar-refractivity contribution in [2.75, 3.05) is 19.8 Å². The molecule has 0 radical (unpaired) electrons.